The van der Waals surface area contributed by atoms with E-state index in [4.69, 9.17) is 5.73 Å². The minimum atomic E-state index is -3.28. The van der Waals surface area contributed by atoms with E-state index in [0.717, 1.165) is 31.9 Å². The second-order valence-corrected chi connectivity index (χ2v) is 8.31. The summed E-state index contributed by atoms with van der Waals surface area (Å²) in [5.41, 5.74) is 6.31. The molecule has 5 nitrogen and oxygen atoms in total. The van der Waals surface area contributed by atoms with E-state index in [0.29, 0.717) is 18.7 Å². The number of hydrogen-bond acceptors (Lipinski definition) is 4. The van der Waals surface area contributed by atoms with Crippen LogP contribution in [0.15, 0.2) is 29.2 Å². The normalized spacial score (nSPS) is 17.1. The summed E-state index contributed by atoms with van der Waals surface area (Å²) in [5, 5.41) is 2.80. The number of nitrogens with two attached hydrogens (primary N) is 1. The number of anilines is 1. The van der Waals surface area contributed by atoms with Crippen LogP contribution in [0.5, 0.6) is 0 Å². The number of nitrogens with one attached hydrogen (secondary N) is 1. The van der Waals surface area contributed by atoms with Crippen LogP contribution in [-0.2, 0) is 14.6 Å². The Morgan fingerprint density at radius 3 is 2.48 bits per heavy atom. The summed E-state index contributed by atoms with van der Waals surface area (Å²) in [6.07, 6.45) is 6.97. The molecule has 130 valence electrons. The highest BCUT2D eigenvalue weighted by Gasteiger charge is 2.32. The molecule has 1 aliphatic rings. The Labute approximate surface area is 144 Å². The molecule has 1 aromatic carbocycles. The summed E-state index contributed by atoms with van der Waals surface area (Å²) in [4.78, 5) is 12.5. The van der Waals surface area contributed by atoms with Crippen molar-refractivity contribution in [2.45, 2.75) is 43.4 Å². The van der Waals surface area contributed by atoms with Gasteiger partial charge in [0.05, 0.1) is 4.90 Å². The van der Waals surface area contributed by atoms with Crippen LogP contribution in [0.3, 0.4) is 0 Å². The van der Waals surface area contributed by atoms with Gasteiger partial charge >= 0.3 is 0 Å². The van der Waals surface area contributed by atoms with Crippen molar-refractivity contribution < 1.29 is 13.2 Å². The molecule has 23 heavy (non-hydrogen) atoms. The number of halogens is 1. The summed E-state index contributed by atoms with van der Waals surface area (Å²) < 4.78 is 23.1. The fourth-order valence-corrected chi connectivity index (χ4v) is 3.77. The molecule has 1 amide bonds. The number of hydrogen-bond donors (Lipinski definition) is 2. The van der Waals surface area contributed by atoms with E-state index >= 15 is 0 Å². The number of carbonyl (C=O) groups excluding carboxylic acids is 1. The lowest BCUT2D eigenvalue weighted by Crippen LogP contribution is -2.36. The number of amides is 1. The van der Waals surface area contributed by atoms with Gasteiger partial charge in [0.2, 0.25) is 5.91 Å². The predicted octanol–water partition coefficient (Wildman–Crippen LogP) is 2.75. The molecule has 0 aromatic heterocycles. The van der Waals surface area contributed by atoms with Gasteiger partial charge in [-0.25, -0.2) is 8.42 Å². The van der Waals surface area contributed by atoms with Gasteiger partial charge in [-0.2, -0.15) is 0 Å². The third-order valence-electron chi connectivity index (χ3n) is 4.43. The zero-order chi connectivity index (χ0) is 16.2. The first-order chi connectivity index (χ1) is 10.3. The van der Waals surface area contributed by atoms with Crippen molar-refractivity contribution >= 4 is 33.8 Å². The van der Waals surface area contributed by atoms with Crippen molar-refractivity contribution in [3.63, 3.8) is 0 Å². The quantitative estimate of drug-likeness (QED) is 0.844. The van der Waals surface area contributed by atoms with Gasteiger partial charge in [0.1, 0.15) is 0 Å². The summed E-state index contributed by atoms with van der Waals surface area (Å²) in [6.45, 7) is 0.518. The van der Waals surface area contributed by atoms with E-state index in [-0.39, 0.29) is 28.6 Å². The number of carbonyl (C=O) groups is 1. The monoisotopic (exact) mass is 360 g/mol. The van der Waals surface area contributed by atoms with Crippen molar-refractivity contribution in [3.8, 4) is 0 Å². The van der Waals surface area contributed by atoms with E-state index in [1.807, 2.05) is 0 Å². The number of rotatable bonds is 5. The number of benzene rings is 1. The Balaban J connectivity index is 0.00000264. The van der Waals surface area contributed by atoms with Crippen LogP contribution in [0.1, 0.15) is 38.5 Å². The lowest BCUT2D eigenvalue weighted by atomic mass is 9.71. The Hall–Kier alpha value is -1.11. The van der Waals surface area contributed by atoms with Crippen LogP contribution >= 0.6 is 12.4 Å². The lowest BCUT2D eigenvalue weighted by Gasteiger charge is -2.35. The summed E-state index contributed by atoms with van der Waals surface area (Å²) in [6, 6.07) is 6.34. The second-order valence-electron chi connectivity index (χ2n) is 6.29. The van der Waals surface area contributed by atoms with Crippen molar-refractivity contribution in [1.29, 1.82) is 0 Å². The zero-order valence-corrected chi connectivity index (χ0v) is 15.0. The van der Waals surface area contributed by atoms with Gasteiger partial charge in [0, 0.05) is 18.4 Å². The minimum absolute atomic E-state index is 0. The third kappa shape index (κ3) is 5.48. The molecule has 0 atom stereocenters. The maximum absolute atomic E-state index is 12.3. The fraction of sp³-hybridized carbons (Fsp3) is 0.562. The molecule has 0 bridgehead atoms. The summed E-state index contributed by atoms with van der Waals surface area (Å²) in [5.74, 6) is -0.0991. The Bertz CT molecular complexity index is 640. The van der Waals surface area contributed by atoms with Gasteiger partial charge in [-0.05, 0) is 43.0 Å². The minimum Gasteiger partial charge on any atom is -0.330 e. The first-order valence-corrected chi connectivity index (χ1v) is 9.54. The predicted molar refractivity (Wildman–Crippen MR) is 94.6 cm³/mol. The molecule has 2 rings (SSSR count). The largest absolute Gasteiger partial charge is 0.330 e. The van der Waals surface area contributed by atoms with Crippen molar-refractivity contribution in [3.05, 3.63) is 24.3 Å². The van der Waals surface area contributed by atoms with E-state index in [9.17, 15) is 13.2 Å². The Kier molecular flexibility index (Phi) is 7.04. The van der Waals surface area contributed by atoms with Gasteiger partial charge < -0.3 is 11.1 Å². The number of sulfone groups is 1. The highest BCUT2D eigenvalue weighted by molar-refractivity contribution is 7.90. The van der Waals surface area contributed by atoms with Gasteiger partial charge in [-0.1, -0.05) is 25.3 Å². The van der Waals surface area contributed by atoms with Crippen LogP contribution < -0.4 is 11.1 Å². The van der Waals surface area contributed by atoms with Gasteiger partial charge in [0.25, 0.3) is 0 Å². The smallest absolute Gasteiger partial charge is 0.224 e. The van der Waals surface area contributed by atoms with Gasteiger partial charge in [-0.3, -0.25) is 4.79 Å². The molecule has 0 spiro atoms. The first-order valence-electron chi connectivity index (χ1n) is 7.65. The van der Waals surface area contributed by atoms with Crippen molar-refractivity contribution in [2.75, 3.05) is 18.1 Å². The molecule has 0 saturated heterocycles. The molecule has 0 radical (unpaired) electrons. The van der Waals surface area contributed by atoms with E-state index in [1.165, 1.54) is 18.6 Å². The molecule has 0 aliphatic heterocycles. The lowest BCUT2D eigenvalue weighted by molar-refractivity contribution is -0.118. The van der Waals surface area contributed by atoms with E-state index in [1.54, 1.807) is 12.1 Å². The average molecular weight is 361 g/mol. The van der Waals surface area contributed by atoms with Crippen LogP contribution in [0, 0.1) is 5.41 Å². The molecule has 1 saturated carbocycles. The average Bonchev–Trinajstić information content (AvgIpc) is 2.47. The topological polar surface area (TPSA) is 89.3 Å². The summed E-state index contributed by atoms with van der Waals surface area (Å²) >= 11 is 0. The molecule has 0 unspecified atom stereocenters. The molecular formula is C16H25ClN2O3S. The maximum atomic E-state index is 12.3. The Morgan fingerprint density at radius 1 is 1.26 bits per heavy atom. The standard InChI is InChI=1S/C16H24N2O3S.ClH/c1-22(20,21)14-7-5-6-13(10-14)18-15(19)11-16(12-17)8-3-2-4-9-16;/h5-7,10H,2-4,8-9,11-12,17H2,1H3,(H,18,19);1H. The van der Waals surface area contributed by atoms with Crippen LogP contribution in [0.25, 0.3) is 0 Å². The molecule has 1 fully saturated rings. The van der Waals surface area contributed by atoms with Crippen molar-refractivity contribution in [2.24, 2.45) is 11.1 Å². The second kappa shape index (κ2) is 8.13. The Morgan fingerprint density at radius 2 is 1.91 bits per heavy atom. The van der Waals surface area contributed by atoms with Crippen molar-refractivity contribution in [1.82, 2.24) is 0 Å². The first kappa shape index (κ1) is 19.9. The molecular weight excluding hydrogens is 336 g/mol. The van der Waals surface area contributed by atoms with E-state index in [2.05, 4.69) is 5.32 Å². The van der Waals surface area contributed by atoms with E-state index < -0.39 is 9.84 Å². The van der Waals surface area contributed by atoms with Crippen LogP contribution in [0.2, 0.25) is 0 Å². The van der Waals surface area contributed by atoms with Crippen LogP contribution in [-0.4, -0.2) is 27.1 Å². The molecule has 0 heterocycles. The fourth-order valence-electron chi connectivity index (χ4n) is 3.11. The maximum Gasteiger partial charge on any atom is 0.224 e. The highest BCUT2D eigenvalue weighted by Crippen LogP contribution is 2.38. The van der Waals surface area contributed by atoms with Gasteiger partial charge in [0.15, 0.2) is 9.84 Å². The van der Waals surface area contributed by atoms with Gasteiger partial charge in [-0.15, -0.1) is 12.4 Å². The highest BCUT2D eigenvalue weighted by atomic mass is 35.5. The third-order valence-corrected chi connectivity index (χ3v) is 5.54. The SMILES string of the molecule is CS(=O)(=O)c1cccc(NC(=O)CC2(CN)CCCCC2)c1.Cl. The zero-order valence-electron chi connectivity index (χ0n) is 13.4. The molecule has 3 N–H and O–H groups in total. The molecule has 7 heteroatoms. The van der Waals surface area contributed by atoms with Crippen LogP contribution in [0.4, 0.5) is 5.69 Å². The molecule has 1 aliphatic carbocycles. The summed E-state index contributed by atoms with van der Waals surface area (Å²) in [7, 11) is -3.28. The molecule has 1 aromatic rings.